The van der Waals surface area contributed by atoms with E-state index >= 15 is 0 Å². The van der Waals surface area contributed by atoms with Gasteiger partial charge in [-0.1, -0.05) is 75.4 Å². The average molecular weight is 359 g/mol. The summed E-state index contributed by atoms with van der Waals surface area (Å²) in [4.78, 5) is 0.955. The van der Waals surface area contributed by atoms with E-state index in [1.165, 1.54) is 10.8 Å². The molecular weight excluding hydrogens is 353 g/mol. The van der Waals surface area contributed by atoms with Gasteiger partial charge in [-0.25, -0.2) is 4.29 Å². The molecule has 16 heavy (non-hydrogen) atoms. The van der Waals surface area contributed by atoms with E-state index in [-0.39, 0.29) is 0 Å². The molecule has 0 atom stereocenters. The zero-order chi connectivity index (χ0) is 12.2. The smallest absolute Gasteiger partial charge is 0.235 e. The van der Waals surface area contributed by atoms with Gasteiger partial charge in [0.2, 0.25) is 3.67 Å². The first-order valence-electron chi connectivity index (χ1n) is 3.85. The van der Waals surface area contributed by atoms with Crippen LogP contribution in [0.5, 0.6) is 0 Å². The highest BCUT2D eigenvalue weighted by Gasteiger charge is 2.50. The zero-order valence-electron chi connectivity index (χ0n) is 7.50. The van der Waals surface area contributed by atoms with Crippen LogP contribution in [-0.2, 0) is 4.29 Å². The normalized spacial score (nSPS) is 12.8. The zero-order valence-corrected chi connectivity index (χ0v) is 12.9. The molecule has 0 saturated carbocycles. The predicted octanol–water partition coefficient (Wildman–Crippen LogP) is 5.86. The van der Waals surface area contributed by atoms with Gasteiger partial charge in [-0.15, -0.1) is 0 Å². The Balaban J connectivity index is 2.61. The van der Waals surface area contributed by atoms with Gasteiger partial charge in [0.1, 0.15) is 0 Å². The Hall–Kier alpha value is 1.33. The SMILES string of the molecule is ClOC(Cl)(Cl)C(Cl)(Cl)SSc1ccccc1. The summed E-state index contributed by atoms with van der Waals surface area (Å²) in [6, 6.07) is 9.47. The van der Waals surface area contributed by atoms with Crippen LogP contribution in [0, 0.1) is 0 Å². The summed E-state index contributed by atoms with van der Waals surface area (Å²) < 4.78 is 0.798. The van der Waals surface area contributed by atoms with E-state index in [9.17, 15) is 0 Å². The van der Waals surface area contributed by atoms with Crippen molar-refractivity contribution in [2.24, 2.45) is 0 Å². The van der Waals surface area contributed by atoms with Crippen molar-refractivity contribution in [2.75, 3.05) is 0 Å². The molecule has 0 fully saturated rings. The molecule has 0 aliphatic rings. The maximum absolute atomic E-state index is 5.91. The molecule has 0 aliphatic carbocycles. The van der Waals surface area contributed by atoms with Crippen molar-refractivity contribution in [3.63, 3.8) is 0 Å². The van der Waals surface area contributed by atoms with E-state index in [0.29, 0.717) is 0 Å². The molecule has 0 spiro atoms. The van der Waals surface area contributed by atoms with Crippen LogP contribution in [0.3, 0.4) is 0 Å². The Labute approximate surface area is 127 Å². The van der Waals surface area contributed by atoms with Crippen LogP contribution in [0.4, 0.5) is 0 Å². The van der Waals surface area contributed by atoms with Crippen molar-refractivity contribution in [2.45, 2.75) is 13.1 Å². The summed E-state index contributed by atoms with van der Waals surface area (Å²) >= 11 is 28.3. The van der Waals surface area contributed by atoms with E-state index in [1.54, 1.807) is 0 Å². The Bertz CT molecular complexity index is 332. The molecule has 0 bridgehead atoms. The number of halogens is 5. The lowest BCUT2D eigenvalue weighted by molar-refractivity contribution is 0.276. The summed E-state index contributed by atoms with van der Waals surface area (Å²) in [6.07, 6.45) is 0. The van der Waals surface area contributed by atoms with Gasteiger partial charge >= 0.3 is 0 Å². The first-order valence-corrected chi connectivity index (χ1v) is 7.82. The second-order valence-electron chi connectivity index (χ2n) is 2.59. The highest BCUT2D eigenvalue weighted by atomic mass is 35.5. The monoisotopic (exact) mass is 356 g/mol. The number of alkyl halides is 4. The van der Waals surface area contributed by atoms with Gasteiger partial charge in [-0.3, -0.25) is 0 Å². The van der Waals surface area contributed by atoms with Gasteiger partial charge in [0.15, 0.2) is 0 Å². The van der Waals surface area contributed by atoms with Crippen LogP contribution in [-0.4, -0.2) is 8.18 Å². The van der Waals surface area contributed by atoms with Gasteiger partial charge in [-0.2, -0.15) is 0 Å². The average Bonchev–Trinajstić information content (AvgIpc) is 2.27. The van der Waals surface area contributed by atoms with E-state index < -0.39 is 8.18 Å². The van der Waals surface area contributed by atoms with E-state index in [1.807, 2.05) is 30.3 Å². The van der Waals surface area contributed by atoms with Gasteiger partial charge in [0.05, 0.1) is 11.9 Å². The number of benzene rings is 1. The summed E-state index contributed by atoms with van der Waals surface area (Å²) in [5, 5.41) is 0. The minimum absolute atomic E-state index is 0.955. The van der Waals surface area contributed by atoms with Crippen LogP contribution in [0.15, 0.2) is 35.2 Å². The summed E-state index contributed by atoms with van der Waals surface area (Å²) in [7, 11) is 2.35. The maximum Gasteiger partial charge on any atom is 0.279 e. The molecule has 0 unspecified atom stereocenters. The van der Waals surface area contributed by atoms with E-state index in [4.69, 9.17) is 58.3 Å². The molecule has 0 N–H and O–H groups in total. The lowest BCUT2D eigenvalue weighted by atomic mass is 10.4. The minimum Gasteiger partial charge on any atom is -0.235 e. The predicted molar refractivity (Wildman–Crippen MR) is 75.7 cm³/mol. The quantitative estimate of drug-likeness (QED) is 0.482. The highest BCUT2D eigenvalue weighted by molar-refractivity contribution is 8.77. The van der Waals surface area contributed by atoms with E-state index in [0.717, 1.165) is 15.7 Å². The summed E-state index contributed by atoms with van der Waals surface area (Å²) in [5.41, 5.74) is 0. The largest absolute Gasteiger partial charge is 0.279 e. The van der Waals surface area contributed by atoms with Gasteiger partial charge in [0.25, 0.3) is 4.52 Å². The minimum atomic E-state index is -1.90. The fraction of sp³-hybridized carbons (Fsp3) is 0.250. The molecule has 0 saturated heterocycles. The summed E-state index contributed by atoms with van der Waals surface area (Å²) in [5.74, 6) is 0. The van der Waals surface area contributed by atoms with Gasteiger partial charge in [0, 0.05) is 4.90 Å². The highest BCUT2D eigenvalue weighted by Crippen LogP contribution is 2.56. The molecule has 8 heteroatoms. The lowest BCUT2D eigenvalue weighted by Gasteiger charge is -2.27. The molecule has 1 nitrogen and oxygen atoms in total. The maximum atomic E-state index is 5.91. The van der Waals surface area contributed by atoms with Crippen molar-refractivity contribution in [3.8, 4) is 0 Å². The third-order valence-corrected chi connectivity index (χ3v) is 7.31. The molecule has 1 rings (SSSR count). The summed E-state index contributed by atoms with van der Waals surface area (Å²) in [6.45, 7) is 0. The number of hydrogen-bond acceptors (Lipinski definition) is 3. The molecular formula is C8H5Cl5OS2. The number of hydrogen-bond donors (Lipinski definition) is 0. The second-order valence-corrected chi connectivity index (χ2v) is 8.20. The Morgan fingerprint density at radius 1 is 1.00 bits per heavy atom. The first-order chi connectivity index (χ1) is 7.39. The second kappa shape index (κ2) is 6.48. The first kappa shape index (κ1) is 15.4. The molecule has 0 aromatic heterocycles. The molecule has 0 radical (unpaired) electrons. The third kappa shape index (κ3) is 4.21. The van der Waals surface area contributed by atoms with Crippen LogP contribution in [0.25, 0.3) is 0 Å². The Morgan fingerprint density at radius 3 is 2.06 bits per heavy atom. The molecule has 0 aliphatic heterocycles. The lowest BCUT2D eigenvalue weighted by Crippen LogP contribution is -2.32. The van der Waals surface area contributed by atoms with Crippen LogP contribution in [0.1, 0.15) is 0 Å². The van der Waals surface area contributed by atoms with Crippen molar-refractivity contribution in [3.05, 3.63) is 30.3 Å². The fourth-order valence-corrected chi connectivity index (χ4v) is 3.96. The van der Waals surface area contributed by atoms with E-state index in [2.05, 4.69) is 4.29 Å². The topological polar surface area (TPSA) is 9.23 Å². The van der Waals surface area contributed by atoms with Gasteiger partial charge < -0.3 is 0 Å². The van der Waals surface area contributed by atoms with Crippen molar-refractivity contribution >= 4 is 79.9 Å². The van der Waals surface area contributed by atoms with Crippen LogP contribution < -0.4 is 0 Å². The molecule has 0 heterocycles. The molecule has 90 valence electrons. The fourth-order valence-electron chi connectivity index (χ4n) is 0.670. The Kier molecular flexibility index (Phi) is 6.24. The molecule has 1 aromatic carbocycles. The third-order valence-electron chi connectivity index (χ3n) is 1.42. The van der Waals surface area contributed by atoms with Gasteiger partial charge in [-0.05, 0) is 22.9 Å². The standard InChI is InChI=1S/C8H5Cl5OS2/c9-7(10,14-13)8(11,12)16-15-6-4-2-1-3-5-6/h1-5H. The molecule has 1 aromatic rings. The van der Waals surface area contributed by atoms with Crippen molar-refractivity contribution < 1.29 is 4.29 Å². The van der Waals surface area contributed by atoms with Crippen molar-refractivity contribution in [1.29, 1.82) is 0 Å². The number of rotatable bonds is 5. The Morgan fingerprint density at radius 2 is 1.56 bits per heavy atom. The van der Waals surface area contributed by atoms with Crippen molar-refractivity contribution in [1.82, 2.24) is 0 Å². The molecule has 0 amide bonds. The van der Waals surface area contributed by atoms with Crippen LogP contribution >= 0.6 is 79.9 Å². The van der Waals surface area contributed by atoms with Crippen LogP contribution in [0.2, 0.25) is 0 Å².